The summed E-state index contributed by atoms with van der Waals surface area (Å²) < 4.78 is 0. The van der Waals surface area contributed by atoms with E-state index in [-0.39, 0.29) is 11.9 Å². The molecule has 16 heavy (non-hydrogen) atoms. The molecule has 0 aliphatic rings. The molecule has 2 nitrogen and oxygen atoms in total. The maximum Gasteiger partial charge on any atom is 0.230 e. The highest BCUT2D eigenvalue weighted by atomic mass is 32.2. The van der Waals surface area contributed by atoms with Crippen LogP contribution in [0.3, 0.4) is 0 Å². The standard InChI is InChI=1S/C13H19NOS/c1-9(2)14-13(15)8-16-12-6-5-10(3)11(4)7-12/h5-7,9H,8H2,1-4H3,(H,14,15). The largest absolute Gasteiger partial charge is 0.353 e. The summed E-state index contributed by atoms with van der Waals surface area (Å²) in [5, 5.41) is 2.88. The van der Waals surface area contributed by atoms with Crippen molar-refractivity contribution in [3.63, 3.8) is 0 Å². The van der Waals surface area contributed by atoms with Crippen molar-refractivity contribution in [2.75, 3.05) is 5.75 Å². The number of aryl methyl sites for hydroxylation is 2. The number of hydrogen-bond acceptors (Lipinski definition) is 2. The first-order chi connectivity index (χ1) is 7.49. The SMILES string of the molecule is Cc1ccc(SCC(=O)NC(C)C)cc1C. The van der Waals surface area contributed by atoms with E-state index in [4.69, 9.17) is 0 Å². The molecule has 0 saturated carbocycles. The van der Waals surface area contributed by atoms with Gasteiger partial charge >= 0.3 is 0 Å². The normalized spacial score (nSPS) is 10.6. The topological polar surface area (TPSA) is 29.1 Å². The van der Waals surface area contributed by atoms with Crippen molar-refractivity contribution in [2.45, 2.75) is 38.6 Å². The molecule has 3 heteroatoms. The van der Waals surface area contributed by atoms with E-state index in [1.165, 1.54) is 11.1 Å². The number of carbonyl (C=O) groups excluding carboxylic acids is 1. The van der Waals surface area contributed by atoms with E-state index in [0.717, 1.165) is 4.90 Å². The number of amides is 1. The Labute approximate surface area is 102 Å². The first kappa shape index (κ1) is 13.1. The highest BCUT2D eigenvalue weighted by Crippen LogP contribution is 2.20. The van der Waals surface area contributed by atoms with Crippen LogP contribution in [0.15, 0.2) is 23.1 Å². The predicted octanol–water partition coefficient (Wildman–Crippen LogP) is 2.92. The fourth-order valence-corrected chi connectivity index (χ4v) is 2.12. The molecule has 0 radical (unpaired) electrons. The summed E-state index contributed by atoms with van der Waals surface area (Å²) in [6.07, 6.45) is 0. The summed E-state index contributed by atoms with van der Waals surface area (Å²) in [4.78, 5) is 12.6. The van der Waals surface area contributed by atoms with Gasteiger partial charge in [-0.3, -0.25) is 4.79 Å². The molecule has 1 N–H and O–H groups in total. The molecule has 0 heterocycles. The van der Waals surface area contributed by atoms with Crippen LogP contribution >= 0.6 is 11.8 Å². The molecule has 0 spiro atoms. The maximum atomic E-state index is 11.4. The van der Waals surface area contributed by atoms with Crippen molar-refractivity contribution in [3.8, 4) is 0 Å². The molecule has 0 aliphatic heterocycles. The Bertz CT molecular complexity index is 374. The Morgan fingerprint density at radius 2 is 2.00 bits per heavy atom. The van der Waals surface area contributed by atoms with Gasteiger partial charge < -0.3 is 5.32 Å². The van der Waals surface area contributed by atoms with Crippen LogP contribution in [-0.2, 0) is 4.79 Å². The van der Waals surface area contributed by atoms with E-state index in [9.17, 15) is 4.79 Å². The van der Waals surface area contributed by atoms with E-state index in [2.05, 4.69) is 37.4 Å². The van der Waals surface area contributed by atoms with Gasteiger partial charge in [-0.05, 0) is 51.0 Å². The fourth-order valence-electron chi connectivity index (χ4n) is 1.32. The van der Waals surface area contributed by atoms with Gasteiger partial charge in [-0.15, -0.1) is 11.8 Å². The molecular formula is C13H19NOS. The van der Waals surface area contributed by atoms with Gasteiger partial charge in [-0.1, -0.05) is 6.07 Å². The van der Waals surface area contributed by atoms with Gasteiger partial charge in [0.25, 0.3) is 0 Å². The van der Waals surface area contributed by atoms with E-state index in [1.54, 1.807) is 11.8 Å². The van der Waals surface area contributed by atoms with Crippen LogP contribution in [0.25, 0.3) is 0 Å². The number of nitrogens with one attached hydrogen (secondary N) is 1. The molecule has 0 aliphatic carbocycles. The summed E-state index contributed by atoms with van der Waals surface area (Å²) in [6, 6.07) is 6.50. The first-order valence-corrected chi connectivity index (χ1v) is 6.47. The number of benzene rings is 1. The van der Waals surface area contributed by atoms with Crippen LogP contribution < -0.4 is 5.32 Å². The highest BCUT2D eigenvalue weighted by Gasteiger charge is 2.04. The Balaban J connectivity index is 2.48. The minimum Gasteiger partial charge on any atom is -0.353 e. The molecule has 0 atom stereocenters. The Hall–Kier alpha value is -0.960. The number of hydrogen-bond donors (Lipinski definition) is 1. The van der Waals surface area contributed by atoms with Gasteiger partial charge in [-0.2, -0.15) is 0 Å². The third kappa shape index (κ3) is 4.27. The van der Waals surface area contributed by atoms with Gasteiger partial charge in [0, 0.05) is 10.9 Å². The zero-order chi connectivity index (χ0) is 12.1. The quantitative estimate of drug-likeness (QED) is 0.816. The van der Waals surface area contributed by atoms with Gasteiger partial charge in [0.05, 0.1) is 5.75 Å². The van der Waals surface area contributed by atoms with Gasteiger partial charge in [-0.25, -0.2) is 0 Å². The zero-order valence-electron chi connectivity index (χ0n) is 10.3. The van der Waals surface area contributed by atoms with Crippen LogP contribution in [0.5, 0.6) is 0 Å². The fraction of sp³-hybridized carbons (Fsp3) is 0.462. The molecule has 1 rings (SSSR count). The lowest BCUT2D eigenvalue weighted by atomic mass is 10.1. The van der Waals surface area contributed by atoms with Crippen molar-refractivity contribution >= 4 is 17.7 Å². The van der Waals surface area contributed by atoms with E-state index >= 15 is 0 Å². The summed E-state index contributed by atoms with van der Waals surface area (Å²) in [5.41, 5.74) is 2.56. The summed E-state index contributed by atoms with van der Waals surface area (Å²) in [7, 11) is 0. The van der Waals surface area contributed by atoms with Gasteiger partial charge in [0.2, 0.25) is 5.91 Å². The molecule has 0 aromatic heterocycles. The summed E-state index contributed by atoms with van der Waals surface area (Å²) in [5.74, 6) is 0.582. The minimum atomic E-state index is 0.0956. The van der Waals surface area contributed by atoms with Gasteiger partial charge in [0.1, 0.15) is 0 Å². The molecule has 0 unspecified atom stereocenters. The third-order valence-electron chi connectivity index (χ3n) is 2.30. The second kappa shape index (κ2) is 5.94. The Morgan fingerprint density at radius 1 is 1.31 bits per heavy atom. The molecule has 88 valence electrons. The third-order valence-corrected chi connectivity index (χ3v) is 3.29. The van der Waals surface area contributed by atoms with Crippen LogP contribution in [0.4, 0.5) is 0 Å². The minimum absolute atomic E-state index is 0.0956. The summed E-state index contributed by atoms with van der Waals surface area (Å²) in [6.45, 7) is 8.13. The average Bonchev–Trinajstić information content (AvgIpc) is 2.19. The maximum absolute atomic E-state index is 11.4. The smallest absolute Gasteiger partial charge is 0.230 e. The Morgan fingerprint density at radius 3 is 2.56 bits per heavy atom. The predicted molar refractivity (Wildman–Crippen MR) is 69.9 cm³/mol. The molecule has 0 fully saturated rings. The first-order valence-electron chi connectivity index (χ1n) is 5.48. The van der Waals surface area contributed by atoms with Gasteiger partial charge in [0.15, 0.2) is 0 Å². The van der Waals surface area contributed by atoms with E-state index in [0.29, 0.717) is 5.75 Å². The highest BCUT2D eigenvalue weighted by molar-refractivity contribution is 8.00. The summed E-state index contributed by atoms with van der Waals surface area (Å²) >= 11 is 1.58. The average molecular weight is 237 g/mol. The van der Waals surface area contributed by atoms with Crippen molar-refractivity contribution in [1.29, 1.82) is 0 Å². The molecular weight excluding hydrogens is 218 g/mol. The lowest BCUT2D eigenvalue weighted by Gasteiger charge is -2.08. The Kier molecular flexibility index (Phi) is 4.87. The zero-order valence-corrected chi connectivity index (χ0v) is 11.1. The number of rotatable bonds is 4. The van der Waals surface area contributed by atoms with Crippen molar-refractivity contribution < 1.29 is 4.79 Å². The van der Waals surface area contributed by atoms with Crippen LogP contribution in [0, 0.1) is 13.8 Å². The van der Waals surface area contributed by atoms with Crippen molar-refractivity contribution in [3.05, 3.63) is 29.3 Å². The number of carbonyl (C=O) groups is 1. The van der Waals surface area contributed by atoms with Crippen LogP contribution in [-0.4, -0.2) is 17.7 Å². The molecule has 0 saturated heterocycles. The van der Waals surface area contributed by atoms with Crippen molar-refractivity contribution in [1.82, 2.24) is 5.32 Å². The second-order valence-corrected chi connectivity index (χ2v) is 5.31. The van der Waals surface area contributed by atoms with E-state index < -0.39 is 0 Å². The molecule has 1 amide bonds. The van der Waals surface area contributed by atoms with Crippen molar-refractivity contribution in [2.24, 2.45) is 0 Å². The monoisotopic (exact) mass is 237 g/mol. The second-order valence-electron chi connectivity index (χ2n) is 4.26. The lowest BCUT2D eigenvalue weighted by Crippen LogP contribution is -2.31. The lowest BCUT2D eigenvalue weighted by molar-refractivity contribution is -0.119. The van der Waals surface area contributed by atoms with Crippen LogP contribution in [0.2, 0.25) is 0 Å². The molecule has 1 aromatic carbocycles. The molecule has 0 bridgehead atoms. The number of thioether (sulfide) groups is 1. The molecule has 1 aromatic rings. The van der Waals surface area contributed by atoms with Crippen LogP contribution in [0.1, 0.15) is 25.0 Å². The van der Waals surface area contributed by atoms with E-state index in [1.807, 2.05) is 13.8 Å².